The van der Waals surface area contributed by atoms with Crippen molar-refractivity contribution in [2.75, 3.05) is 0 Å². The van der Waals surface area contributed by atoms with Gasteiger partial charge in [-0.1, -0.05) is 31.5 Å². The molecule has 18 heavy (non-hydrogen) atoms. The highest BCUT2D eigenvalue weighted by molar-refractivity contribution is 6.31. The van der Waals surface area contributed by atoms with E-state index >= 15 is 0 Å². The van der Waals surface area contributed by atoms with Gasteiger partial charge in [-0.2, -0.15) is 5.10 Å². The molecule has 0 aliphatic rings. The van der Waals surface area contributed by atoms with Gasteiger partial charge in [0.1, 0.15) is 5.82 Å². The fraction of sp³-hybridized carbons (Fsp3) is 0.385. The smallest absolute Gasteiger partial charge is 0.151 e. The summed E-state index contributed by atoms with van der Waals surface area (Å²) in [5.41, 5.74) is 1.59. The molecule has 1 heterocycles. The summed E-state index contributed by atoms with van der Waals surface area (Å²) in [7, 11) is 0. The molecule has 0 aliphatic carbocycles. The molecule has 0 atom stereocenters. The second kappa shape index (κ2) is 5.50. The van der Waals surface area contributed by atoms with Gasteiger partial charge < -0.3 is 5.11 Å². The highest BCUT2D eigenvalue weighted by Gasteiger charge is 2.10. The highest BCUT2D eigenvalue weighted by atomic mass is 35.5. The van der Waals surface area contributed by atoms with Crippen molar-refractivity contribution >= 4 is 11.6 Å². The Kier molecular flexibility index (Phi) is 3.99. The van der Waals surface area contributed by atoms with Gasteiger partial charge in [-0.15, -0.1) is 0 Å². The number of halogens is 1. The van der Waals surface area contributed by atoms with Gasteiger partial charge in [-0.3, -0.25) is 0 Å². The van der Waals surface area contributed by atoms with Crippen LogP contribution in [-0.2, 0) is 19.4 Å². The van der Waals surface area contributed by atoms with Crippen molar-refractivity contribution in [3.63, 3.8) is 0 Å². The van der Waals surface area contributed by atoms with Crippen LogP contribution in [0.25, 0.3) is 5.69 Å². The van der Waals surface area contributed by atoms with Crippen LogP contribution < -0.4 is 0 Å². The van der Waals surface area contributed by atoms with Crippen LogP contribution >= 0.6 is 11.6 Å². The number of aliphatic hydroxyl groups excluding tert-OH is 1. The summed E-state index contributed by atoms with van der Waals surface area (Å²) in [4.78, 5) is 4.46. The van der Waals surface area contributed by atoms with Crippen molar-refractivity contribution < 1.29 is 5.11 Å². The maximum Gasteiger partial charge on any atom is 0.151 e. The molecule has 0 unspecified atom stereocenters. The lowest BCUT2D eigenvalue weighted by atomic mass is 10.2. The number of nitrogens with zero attached hydrogens (tertiary/aromatic N) is 3. The van der Waals surface area contributed by atoms with E-state index < -0.39 is 0 Å². The number of aliphatic hydroxyl groups is 1. The summed E-state index contributed by atoms with van der Waals surface area (Å²) < 4.78 is 1.81. The van der Waals surface area contributed by atoms with Gasteiger partial charge in [0.05, 0.1) is 12.3 Å². The van der Waals surface area contributed by atoms with E-state index in [0.29, 0.717) is 10.6 Å². The van der Waals surface area contributed by atoms with Crippen LogP contribution in [0.3, 0.4) is 0 Å². The number of aromatic nitrogens is 3. The Hall–Kier alpha value is -1.39. The lowest BCUT2D eigenvalue weighted by Gasteiger charge is -2.07. The molecule has 1 aromatic heterocycles. The van der Waals surface area contributed by atoms with Gasteiger partial charge in [0, 0.05) is 17.9 Å². The van der Waals surface area contributed by atoms with Crippen LogP contribution in [-0.4, -0.2) is 19.9 Å². The lowest BCUT2D eigenvalue weighted by molar-refractivity contribution is 0.282. The van der Waals surface area contributed by atoms with E-state index in [2.05, 4.69) is 10.1 Å². The monoisotopic (exact) mass is 265 g/mol. The zero-order chi connectivity index (χ0) is 13.1. The highest BCUT2D eigenvalue weighted by Crippen LogP contribution is 2.21. The number of aryl methyl sites for hydroxylation is 2. The molecular formula is C13H16ClN3O. The molecule has 5 heteroatoms. The maximum atomic E-state index is 9.10. The van der Waals surface area contributed by atoms with E-state index in [1.54, 1.807) is 6.07 Å². The average molecular weight is 266 g/mol. The number of hydrogen-bond donors (Lipinski definition) is 1. The molecule has 1 N–H and O–H groups in total. The number of hydrogen-bond acceptors (Lipinski definition) is 3. The van der Waals surface area contributed by atoms with Gasteiger partial charge in [0.25, 0.3) is 0 Å². The first-order valence-electron chi connectivity index (χ1n) is 6.04. The van der Waals surface area contributed by atoms with E-state index in [-0.39, 0.29) is 6.61 Å². The van der Waals surface area contributed by atoms with Crippen molar-refractivity contribution in [3.8, 4) is 5.69 Å². The molecule has 0 saturated heterocycles. The van der Waals surface area contributed by atoms with Crippen LogP contribution in [0.15, 0.2) is 18.2 Å². The van der Waals surface area contributed by atoms with Crippen molar-refractivity contribution in [3.05, 3.63) is 40.4 Å². The Morgan fingerprint density at radius 3 is 2.61 bits per heavy atom. The molecule has 0 spiro atoms. The Morgan fingerprint density at radius 1 is 1.28 bits per heavy atom. The fourth-order valence-corrected chi connectivity index (χ4v) is 2.01. The van der Waals surface area contributed by atoms with E-state index in [9.17, 15) is 0 Å². The van der Waals surface area contributed by atoms with Gasteiger partial charge in [-0.25, -0.2) is 9.67 Å². The lowest BCUT2D eigenvalue weighted by Crippen LogP contribution is -2.02. The zero-order valence-corrected chi connectivity index (χ0v) is 11.3. The van der Waals surface area contributed by atoms with E-state index in [4.69, 9.17) is 16.7 Å². The maximum absolute atomic E-state index is 9.10. The second-order valence-electron chi connectivity index (χ2n) is 4.00. The predicted octanol–water partition coefficient (Wildman–Crippen LogP) is 2.54. The van der Waals surface area contributed by atoms with E-state index in [0.717, 1.165) is 30.2 Å². The molecule has 4 nitrogen and oxygen atoms in total. The van der Waals surface area contributed by atoms with Crippen LogP contribution in [0.1, 0.15) is 31.1 Å². The van der Waals surface area contributed by atoms with Gasteiger partial charge in [0.15, 0.2) is 5.82 Å². The topological polar surface area (TPSA) is 50.9 Å². The first kappa shape index (κ1) is 13.1. The summed E-state index contributed by atoms with van der Waals surface area (Å²) in [6.07, 6.45) is 1.62. The molecule has 0 saturated carbocycles. The number of benzene rings is 1. The van der Waals surface area contributed by atoms with Crippen molar-refractivity contribution in [1.82, 2.24) is 14.8 Å². The van der Waals surface area contributed by atoms with Crippen LogP contribution in [0.5, 0.6) is 0 Å². The van der Waals surface area contributed by atoms with Gasteiger partial charge in [-0.05, 0) is 17.7 Å². The summed E-state index contributed by atoms with van der Waals surface area (Å²) in [5, 5.41) is 14.1. The third-order valence-corrected chi connectivity index (χ3v) is 3.15. The fourth-order valence-electron chi connectivity index (χ4n) is 1.77. The molecule has 1 aromatic carbocycles. The standard InChI is InChI=1S/C13H16ClN3O/c1-3-12-15-13(4-2)17(16-12)10-6-5-9(8-18)11(14)7-10/h5-7,18H,3-4,8H2,1-2H3. The van der Waals surface area contributed by atoms with Crippen molar-refractivity contribution in [2.45, 2.75) is 33.3 Å². The molecule has 2 rings (SSSR count). The predicted molar refractivity (Wildman–Crippen MR) is 71.0 cm³/mol. The molecule has 0 radical (unpaired) electrons. The first-order valence-corrected chi connectivity index (χ1v) is 6.41. The Balaban J connectivity index is 2.47. The van der Waals surface area contributed by atoms with Gasteiger partial charge >= 0.3 is 0 Å². The molecule has 0 aliphatic heterocycles. The van der Waals surface area contributed by atoms with Crippen LogP contribution in [0.2, 0.25) is 5.02 Å². The molecule has 0 amide bonds. The van der Waals surface area contributed by atoms with Crippen molar-refractivity contribution in [1.29, 1.82) is 0 Å². The zero-order valence-electron chi connectivity index (χ0n) is 10.5. The minimum Gasteiger partial charge on any atom is -0.392 e. The molecule has 2 aromatic rings. The normalized spacial score (nSPS) is 10.9. The minimum atomic E-state index is -0.0582. The average Bonchev–Trinajstić information content (AvgIpc) is 2.82. The molecule has 0 bridgehead atoms. The summed E-state index contributed by atoms with van der Waals surface area (Å²) in [6, 6.07) is 5.51. The third-order valence-electron chi connectivity index (χ3n) is 2.80. The molecule has 96 valence electrons. The number of rotatable bonds is 4. The Bertz CT molecular complexity index is 551. The third kappa shape index (κ3) is 2.40. The second-order valence-corrected chi connectivity index (χ2v) is 4.40. The van der Waals surface area contributed by atoms with Crippen LogP contribution in [0, 0.1) is 0 Å². The summed E-state index contributed by atoms with van der Waals surface area (Å²) in [6.45, 7) is 4.02. The molecule has 0 fully saturated rings. The largest absolute Gasteiger partial charge is 0.392 e. The molecular weight excluding hydrogens is 250 g/mol. The SMILES string of the molecule is CCc1nc(CC)n(-c2ccc(CO)c(Cl)c2)n1. The summed E-state index contributed by atoms with van der Waals surface area (Å²) in [5.74, 6) is 1.74. The quantitative estimate of drug-likeness (QED) is 0.924. The first-order chi connectivity index (χ1) is 8.69. The van der Waals surface area contributed by atoms with E-state index in [1.807, 2.05) is 30.7 Å². The Morgan fingerprint density at radius 2 is 2.06 bits per heavy atom. The minimum absolute atomic E-state index is 0.0582. The summed E-state index contributed by atoms with van der Waals surface area (Å²) >= 11 is 6.09. The van der Waals surface area contributed by atoms with Crippen LogP contribution in [0.4, 0.5) is 0 Å². The van der Waals surface area contributed by atoms with Gasteiger partial charge in [0.2, 0.25) is 0 Å². The van der Waals surface area contributed by atoms with Crippen molar-refractivity contribution in [2.24, 2.45) is 0 Å². The van der Waals surface area contributed by atoms with E-state index in [1.165, 1.54) is 0 Å². The Labute approximate surface area is 111 Å².